The molecule has 0 spiro atoms. The third kappa shape index (κ3) is 6.52. The molecule has 3 N–H and O–H groups in total. The second-order valence-corrected chi connectivity index (χ2v) is 6.25. The van der Waals surface area contributed by atoms with Crippen molar-refractivity contribution in [3.8, 4) is 0 Å². The molecule has 3 nitrogen and oxygen atoms in total. The minimum atomic E-state index is -0.795. The number of aryl methyl sites for hydroxylation is 1. The molecule has 1 unspecified atom stereocenters. The Morgan fingerprint density at radius 3 is 2.74 bits per heavy atom. The summed E-state index contributed by atoms with van der Waals surface area (Å²) in [6.45, 7) is 0.404. The number of nitrogens with two attached hydrogens (primary N) is 1. The summed E-state index contributed by atoms with van der Waals surface area (Å²) in [6, 6.07) is 5.47. The molecule has 0 saturated heterocycles. The first-order valence-corrected chi connectivity index (χ1v) is 7.87. The number of benzene rings is 1. The highest BCUT2D eigenvalue weighted by atomic mass is 35.5. The van der Waals surface area contributed by atoms with Crippen LogP contribution in [-0.2, 0) is 11.2 Å². The maximum atomic E-state index is 10.6. The molecule has 6 heteroatoms. The quantitative estimate of drug-likeness (QED) is 0.721. The summed E-state index contributed by atoms with van der Waals surface area (Å²) >= 11 is 13.6. The third-order valence-corrected chi connectivity index (χ3v) is 4.47. The van der Waals surface area contributed by atoms with Crippen LogP contribution in [0.4, 0.5) is 0 Å². The summed E-state index contributed by atoms with van der Waals surface area (Å²) in [5, 5.41) is 10.0. The number of hydrogen-bond donors (Lipinski definition) is 2. The van der Waals surface area contributed by atoms with Crippen LogP contribution in [0.15, 0.2) is 18.2 Å². The first-order valence-electron chi connectivity index (χ1n) is 5.96. The Hall–Kier alpha value is -0.420. The van der Waals surface area contributed by atoms with Crippen LogP contribution in [0, 0.1) is 5.92 Å². The van der Waals surface area contributed by atoms with Crippen molar-refractivity contribution in [3.05, 3.63) is 33.8 Å². The van der Waals surface area contributed by atoms with Crippen LogP contribution in [0.5, 0.6) is 0 Å². The van der Waals surface area contributed by atoms with Crippen molar-refractivity contribution in [2.75, 3.05) is 18.1 Å². The molecule has 0 radical (unpaired) electrons. The molecule has 0 amide bonds. The molecule has 0 aromatic heterocycles. The lowest BCUT2D eigenvalue weighted by Crippen LogP contribution is -2.20. The SMILES string of the molecule is NCC(CSCCc1ccc(Cl)cc1Cl)CC(=O)O. The van der Waals surface area contributed by atoms with Gasteiger partial charge in [-0.3, -0.25) is 4.79 Å². The highest BCUT2D eigenvalue weighted by Gasteiger charge is 2.11. The van der Waals surface area contributed by atoms with Crippen molar-refractivity contribution >= 4 is 40.9 Å². The minimum Gasteiger partial charge on any atom is -0.481 e. The Morgan fingerprint density at radius 1 is 1.42 bits per heavy atom. The Morgan fingerprint density at radius 2 is 2.16 bits per heavy atom. The topological polar surface area (TPSA) is 63.3 Å². The highest BCUT2D eigenvalue weighted by Crippen LogP contribution is 2.23. The molecule has 0 bridgehead atoms. The maximum absolute atomic E-state index is 10.6. The zero-order valence-electron chi connectivity index (χ0n) is 10.4. The average molecular weight is 322 g/mol. The standard InChI is InChI=1S/C13H17Cl2NO2S/c14-11-2-1-10(12(15)6-11)3-4-19-8-9(7-16)5-13(17)18/h1-2,6,9H,3-5,7-8,16H2,(H,17,18). The molecule has 1 rings (SSSR count). The number of carbonyl (C=O) groups is 1. The molecule has 0 saturated carbocycles. The number of carboxylic acids is 1. The van der Waals surface area contributed by atoms with Gasteiger partial charge in [0.15, 0.2) is 0 Å². The number of halogens is 2. The van der Waals surface area contributed by atoms with Crippen molar-refractivity contribution in [2.24, 2.45) is 11.7 Å². The van der Waals surface area contributed by atoms with Gasteiger partial charge in [0.05, 0.1) is 6.42 Å². The van der Waals surface area contributed by atoms with Crippen LogP contribution < -0.4 is 5.73 Å². The van der Waals surface area contributed by atoms with Gasteiger partial charge in [0.1, 0.15) is 0 Å². The molecule has 106 valence electrons. The van der Waals surface area contributed by atoms with Gasteiger partial charge in [-0.15, -0.1) is 0 Å². The summed E-state index contributed by atoms with van der Waals surface area (Å²) in [5.74, 6) is 0.880. The molecule has 0 aliphatic carbocycles. The molecule has 0 aliphatic heterocycles. The van der Waals surface area contributed by atoms with Gasteiger partial charge < -0.3 is 10.8 Å². The van der Waals surface area contributed by atoms with Gasteiger partial charge in [0.25, 0.3) is 0 Å². The maximum Gasteiger partial charge on any atom is 0.303 e. The Bertz CT molecular complexity index is 429. The predicted molar refractivity (Wildman–Crippen MR) is 82.3 cm³/mol. The van der Waals surface area contributed by atoms with Crippen LogP contribution in [0.25, 0.3) is 0 Å². The normalized spacial score (nSPS) is 12.4. The minimum absolute atomic E-state index is 0.0307. The van der Waals surface area contributed by atoms with Crippen molar-refractivity contribution in [1.82, 2.24) is 0 Å². The van der Waals surface area contributed by atoms with Gasteiger partial charge in [0, 0.05) is 10.0 Å². The lowest BCUT2D eigenvalue weighted by Gasteiger charge is -2.11. The van der Waals surface area contributed by atoms with Gasteiger partial charge >= 0.3 is 5.97 Å². The van der Waals surface area contributed by atoms with E-state index >= 15 is 0 Å². The fourth-order valence-electron chi connectivity index (χ4n) is 1.61. The molecule has 1 aromatic rings. The van der Waals surface area contributed by atoms with E-state index < -0.39 is 5.97 Å². The molecule has 1 atom stereocenters. The molecule has 19 heavy (non-hydrogen) atoms. The number of thioether (sulfide) groups is 1. The Labute approximate surface area is 127 Å². The Kier molecular flexibility index (Phi) is 7.61. The lowest BCUT2D eigenvalue weighted by atomic mass is 10.1. The molecular weight excluding hydrogens is 305 g/mol. The second kappa shape index (κ2) is 8.69. The van der Waals surface area contributed by atoms with Gasteiger partial charge in [-0.2, -0.15) is 11.8 Å². The van der Waals surface area contributed by atoms with E-state index in [-0.39, 0.29) is 12.3 Å². The molecule has 1 aromatic carbocycles. The van der Waals surface area contributed by atoms with Crippen LogP contribution >= 0.6 is 35.0 Å². The molecule has 0 aliphatic rings. The van der Waals surface area contributed by atoms with Gasteiger partial charge in [-0.1, -0.05) is 29.3 Å². The second-order valence-electron chi connectivity index (χ2n) is 4.26. The molecule has 0 fully saturated rings. The van der Waals surface area contributed by atoms with E-state index in [4.69, 9.17) is 34.0 Å². The Balaban J connectivity index is 2.31. The van der Waals surface area contributed by atoms with Crippen molar-refractivity contribution in [2.45, 2.75) is 12.8 Å². The summed E-state index contributed by atoms with van der Waals surface area (Å²) in [7, 11) is 0. The van der Waals surface area contributed by atoms with Crippen molar-refractivity contribution < 1.29 is 9.90 Å². The molecule has 0 heterocycles. The lowest BCUT2D eigenvalue weighted by molar-refractivity contribution is -0.137. The average Bonchev–Trinajstić information content (AvgIpc) is 2.34. The van der Waals surface area contributed by atoms with E-state index in [9.17, 15) is 4.79 Å². The zero-order valence-corrected chi connectivity index (χ0v) is 12.8. The van der Waals surface area contributed by atoms with E-state index in [1.54, 1.807) is 17.8 Å². The van der Waals surface area contributed by atoms with Crippen molar-refractivity contribution in [3.63, 3.8) is 0 Å². The summed E-state index contributed by atoms with van der Waals surface area (Å²) in [4.78, 5) is 10.6. The van der Waals surface area contributed by atoms with Gasteiger partial charge in [-0.25, -0.2) is 0 Å². The van der Waals surface area contributed by atoms with E-state index in [0.717, 1.165) is 23.5 Å². The number of rotatable bonds is 8. The van der Waals surface area contributed by atoms with Crippen LogP contribution in [0.3, 0.4) is 0 Å². The molecular formula is C13H17Cl2NO2S. The monoisotopic (exact) mass is 321 g/mol. The third-order valence-electron chi connectivity index (χ3n) is 2.68. The van der Waals surface area contributed by atoms with Gasteiger partial charge in [0.2, 0.25) is 0 Å². The number of carboxylic acid groups (broad SMARTS) is 1. The van der Waals surface area contributed by atoms with Crippen LogP contribution in [-0.4, -0.2) is 29.1 Å². The highest BCUT2D eigenvalue weighted by molar-refractivity contribution is 7.99. The fraction of sp³-hybridized carbons (Fsp3) is 0.462. The van der Waals surface area contributed by atoms with Crippen LogP contribution in [0.2, 0.25) is 10.0 Å². The summed E-state index contributed by atoms with van der Waals surface area (Å²) in [5.41, 5.74) is 6.60. The van der Waals surface area contributed by atoms with Gasteiger partial charge in [-0.05, 0) is 48.1 Å². The number of hydrogen-bond acceptors (Lipinski definition) is 3. The summed E-state index contributed by atoms with van der Waals surface area (Å²) < 4.78 is 0. The first-order chi connectivity index (χ1) is 9.02. The van der Waals surface area contributed by atoms with E-state index in [1.807, 2.05) is 12.1 Å². The van der Waals surface area contributed by atoms with E-state index in [0.29, 0.717) is 16.6 Å². The van der Waals surface area contributed by atoms with Crippen molar-refractivity contribution in [1.29, 1.82) is 0 Å². The predicted octanol–water partition coefficient (Wildman–Crippen LogP) is 3.32. The fourth-order valence-corrected chi connectivity index (χ4v) is 3.23. The number of aliphatic carboxylic acids is 1. The van der Waals surface area contributed by atoms with E-state index in [2.05, 4.69) is 0 Å². The zero-order chi connectivity index (χ0) is 14.3. The smallest absolute Gasteiger partial charge is 0.303 e. The van der Waals surface area contributed by atoms with Crippen LogP contribution in [0.1, 0.15) is 12.0 Å². The summed E-state index contributed by atoms with van der Waals surface area (Å²) in [6.07, 6.45) is 0.968. The largest absolute Gasteiger partial charge is 0.481 e. The first kappa shape index (κ1) is 16.6. The van der Waals surface area contributed by atoms with E-state index in [1.165, 1.54) is 0 Å².